The van der Waals surface area contributed by atoms with Crippen LogP contribution < -0.4 is 40.4 Å². The minimum absolute atomic E-state index is 0. The van der Waals surface area contributed by atoms with Crippen LogP contribution in [-0.4, -0.2) is 52.9 Å². The Balaban J connectivity index is 0.00000180. The number of urea groups is 1. The molecule has 2 bridgehead atoms. The van der Waals surface area contributed by atoms with Crippen molar-refractivity contribution < 1.29 is 58.3 Å². The van der Waals surface area contributed by atoms with Gasteiger partial charge in [0, 0.05) is 6.54 Å². The minimum Gasteiger partial charge on any atom is -0.544 e. The number of piperidine rings is 1. The van der Waals surface area contributed by atoms with Crippen LogP contribution in [0.2, 0.25) is 0 Å². The van der Waals surface area contributed by atoms with Crippen LogP contribution in [0.25, 0.3) is 0 Å². The number of aliphatic carboxylic acids is 1. The van der Waals surface area contributed by atoms with E-state index in [1.165, 1.54) is 0 Å². The molecule has 2 aliphatic rings. The molecule has 19 heavy (non-hydrogen) atoms. The third-order valence-electron chi connectivity index (χ3n) is 3.04. The number of primary amides is 1. The number of hydrogen-bond acceptors (Lipinski definition) is 5. The molecular weight excluding hydrogens is 272 g/mol. The van der Waals surface area contributed by atoms with Crippen molar-refractivity contribution >= 4 is 17.9 Å². The first kappa shape index (κ1) is 16.2. The van der Waals surface area contributed by atoms with E-state index in [0.717, 1.165) is 4.90 Å². The van der Waals surface area contributed by atoms with Crippen LogP contribution in [0.1, 0.15) is 12.8 Å². The summed E-state index contributed by atoms with van der Waals surface area (Å²) in [6.07, 6.45) is -2.00. The number of nitrogens with zero attached hydrogens (tertiary/aromatic N) is 2. The Bertz CT molecular complexity index is 409. The fourth-order valence-corrected chi connectivity index (χ4v) is 2.21. The van der Waals surface area contributed by atoms with Crippen molar-refractivity contribution in [3.63, 3.8) is 0 Å². The molecule has 2 aliphatic heterocycles. The van der Waals surface area contributed by atoms with Crippen LogP contribution >= 0.6 is 0 Å². The second kappa shape index (κ2) is 6.04. The maximum Gasteiger partial charge on any atom is 1.00 e. The van der Waals surface area contributed by atoms with Crippen molar-refractivity contribution in [2.75, 3.05) is 6.54 Å². The summed E-state index contributed by atoms with van der Waals surface area (Å²) in [7, 11) is 0. The van der Waals surface area contributed by atoms with Gasteiger partial charge < -0.3 is 20.5 Å². The topological polar surface area (TPSA) is 116 Å². The molecule has 0 aliphatic carbocycles. The third-order valence-corrected chi connectivity index (χ3v) is 3.04. The SMILES string of the molecule is NC(=O)[C@@H]1CC[C@H]2CN1C(=O)N2O[C@@H](F)C(=O)[O-].[Na+]. The van der Waals surface area contributed by atoms with E-state index in [-0.39, 0.29) is 36.1 Å². The van der Waals surface area contributed by atoms with Gasteiger partial charge in [0.1, 0.15) is 12.0 Å². The molecule has 2 saturated heterocycles. The molecule has 0 aromatic heterocycles. The van der Waals surface area contributed by atoms with Gasteiger partial charge in [0.15, 0.2) is 0 Å². The molecule has 3 amide bonds. The minimum atomic E-state index is -2.72. The first-order valence-electron chi connectivity index (χ1n) is 5.32. The Morgan fingerprint density at radius 3 is 2.63 bits per heavy atom. The number of alkyl halides is 1. The summed E-state index contributed by atoms with van der Waals surface area (Å²) in [6.45, 7) is 0.159. The van der Waals surface area contributed by atoms with Crippen molar-refractivity contribution in [3.05, 3.63) is 0 Å². The summed E-state index contributed by atoms with van der Waals surface area (Å²) in [5, 5.41) is 10.9. The number of carbonyl (C=O) groups excluding carboxylic acids is 3. The summed E-state index contributed by atoms with van der Waals surface area (Å²) in [5.41, 5.74) is 5.14. The predicted octanol–water partition coefficient (Wildman–Crippen LogP) is -5.28. The van der Waals surface area contributed by atoms with Gasteiger partial charge >= 0.3 is 35.6 Å². The summed E-state index contributed by atoms with van der Waals surface area (Å²) < 4.78 is 12.9. The van der Waals surface area contributed by atoms with Crippen molar-refractivity contribution in [1.29, 1.82) is 0 Å². The first-order valence-corrected chi connectivity index (χ1v) is 5.32. The molecule has 2 fully saturated rings. The molecule has 0 aromatic rings. The maximum absolute atomic E-state index is 12.9. The molecule has 8 nitrogen and oxygen atoms in total. The molecule has 0 unspecified atom stereocenters. The largest absolute Gasteiger partial charge is 1.00 e. The molecule has 100 valence electrons. The molecular formula is C9H11FN3NaO5. The second-order valence-corrected chi connectivity index (χ2v) is 4.15. The van der Waals surface area contributed by atoms with Crippen molar-refractivity contribution in [2.24, 2.45) is 5.73 Å². The zero-order chi connectivity index (χ0) is 13.4. The summed E-state index contributed by atoms with van der Waals surface area (Å²) >= 11 is 0. The second-order valence-electron chi connectivity index (χ2n) is 4.15. The average molecular weight is 283 g/mol. The number of amides is 3. The molecule has 2 heterocycles. The van der Waals surface area contributed by atoms with Gasteiger partial charge in [-0.15, -0.1) is 0 Å². The van der Waals surface area contributed by atoms with Crippen LogP contribution in [0, 0.1) is 0 Å². The van der Waals surface area contributed by atoms with Gasteiger partial charge in [-0.05, 0) is 12.8 Å². The summed E-state index contributed by atoms with van der Waals surface area (Å²) in [6, 6.07) is -2.00. The number of nitrogens with two attached hydrogens (primary N) is 1. The van der Waals surface area contributed by atoms with Crippen LogP contribution in [0.15, 0.2) is 0 Å². The van der Waals surface area contributed by atoms with Crippen LogP contribution in [0.5, 0.6) is 0 Å². The maximum atomic E-state index is 12.9. The number of carboxylic acids is 1. The van der Waals surface area contributed by atoms with Crippen LogP contribution in [-0.2, 0) is 14.4 Å². The third kappa shape index (κ3) is 2.99. The number of hydroxylamine groups is 2. The van der Waals surface area contributed by atoms with Crippen LogP contribution in [0.3, 0.4) is 0 Å². The first-order chi connectivity index (χ1) is 8.41. The van der Waals surface area contributed by atoms with Gasteiger partial charge in [-0.2, -0.15) is 5.06 Å². The number of halogens is 1. The van der Waals surface area contributed by atoms with E-state index in [1.807, 2.05) is 0 Å². The molecule has 10 heteroatoms. The quantitative estimate of drug-likeness (QED) is 0.517. The fourth-order valence-electron chi connectivity index (χ4n) is 2.21. The van der Waals surface area contributed by atoms with Crippen molar-refractivity contribution in [2.45, 2.75) is 31.3 Å². The van der Waals surface area contributed by atoms with Gasteiger partial charge in [0.25, 0.3) is 6.36 Å². The van der Waals surface area contributed by atoms with E-state index in [9.17, 15) is 23.9 Å². The predicted molar refractivity (Wildman–Crippen MR) is 50.9 cm³/mol. The van der Waals surface area contributed by atoms with E-state index in [2.05, 4.69) is 4.84 Å². The van der Waals surface area contributed by atoms with E-state index in [0.29, 0.717) is 17.9 Å². The number of carboxylic acid groups (broad SMARTS) is 1. The zero-order valence-corrected chi connectivity index (χ0v) is 12.2. The average Bonchev–Trinajstić information content (AvgIpc) is 2.54. The van der Waals surface area contributed by atoms with Gasteiger partial charge in [0.2, 0.25) is 5.91 Å². The number of hydrogen-bond donors (Lipinski definition) is 1. The van der Waals surface area contributed by atoms with Gasteiger partial charge in [-0.1, -0.05) is 0 Å². The monoisotopic (exact) mass is 283 g/mol. The Kier molecular flexibility index (Phi) is 5.13. The fraction of sp³-hybridized carbons (Fsp3) is 0.667. The van der Waals surface area contributed by atoms with Crippen LogP contribution in [0.4, 0.5) is 9.18 Å². The Hall–Kier alpha value is -0.900. The van der Waals surface area contributed by atoms with E-state index in [1.54, 1.807) is 0 Å². The normalized spacial score (nSPS) is 26.9. The number of fused-ring (bicyclic) bond motifs is 2. The Morgan fingerprint density at radius 2 is 2.11 bits per heavy atom. The summed E-state index contributed by atoms with van der Waals surface area (Å²) in [4.78, 5) is 38.7. The van der Waals surface area contributed by atoms with E-state index >= 15 is 0 Å². The smallest absolute Gasteiger partial charge is 0.544 e. The molecule has 0 radical (unpaired) electrons. The van der Waals surface area contributed by atoms with E-state index < -0.39 is 36.3 Å². The van der Waals surface area contributed by atoms with Gasteiger partial charge in [-0.3, -0.25) is 4.79 Å². The van der Waals surface area contributed by atoms with Gasteiger partial charge in [-0.25, -0.2) is 14.0 Å². The van der Waals surface area contributed by atoms with E-state index in [4.69, 9.17) is 5.73 Å². The Labute approximate surface area is 129 Å². The Morgan fingerprint density at radius 1 is 1.47 bits per heavy atom. The molecule has 2 N–H and O–H groups in total. The molecule has 0 saturated carbocycles. The molecule has 2 rings (SSSR count). The number of carbonyl (C=O) groups is 3. The molecule has 0 spiro atoms. The summed E-state index contributed by atoms with van der Waals surface area (Å²) in [5.74, 6) is -2.72. The molecule has 3 atom stereocenters. The van der Waals surface area contributed by atoms with Gasteiger partial charge in [0.05, 0.1) is 6.04 Å². The van der Waals surface area contributed by atoms with Crippen molar-refractivity contribution in [3.8, 4) is 0 Å². The number of rotatable bonds is 4. The zero-order valence-electron chi connectivity index (χ0n) is 10.2. The van der Waals surface area contributed by atoms with Crippen molar-refractivity contribution in [1.82, 2.24) is 9.96 Å². The standard InChI is InChI=1S/C9H12FN3O5.Na/c10-6(8(15)16)18-13-4-1-2-5(7(11)14)12(3-4)9(13)17;/h4-6H,1-3H2,(H2,11,14)(H,15,16);/q;+1/p-1/t4-,5-,6+;/m0./s1. The molecule has 0 aromatic carbocycles.